The molecule has 2 nitrogen and oxygen atoms in total. The third kappa shape index (κ3) is 4.92. The molecule has 0 spiro atoms. The van der Waals surface area contributed by atoms with Gasteiger partial charge in [-0.05, 0) is 30.5 Å². The first kappa shape index (κ1) is 15.0. The van der Waals surface area contributed by atoms with E-state index in [-0.39, 0.29) is 0 Å². The maximum absolute atomic E-state index is 5.37. The molecule has 2 heteroatoms. The van der Waals surface area contributed by atoms with Crippen LogP contribution in [0.4, 0.5) is 0 Å². The van der Waals surface area contributed by atoms with Gasteiger partial charge >= 0.3 is 0 Å². The molecule has 1 aromatic rings. The van der Waals surface area contributed by atoms with Crippen LogP contribution in [0.25, 0.3) is 6.08 Å². The molecule has 110 valence electrons. The minimum absolute atomic E-state index is 0.348. The molecule has 20 heavy (non-hydrogen) atoms. The van der Waals surface area contributed by atoms with Crippen molar-refractivity contribution in [3.8, 4) is 11.5 Å². The van der Waals surface area contributed by atoms with E-state index in [4.69, 9.17) is 9.47 Å². The normalized spacial score (nSPS) is 13.2. The Morgan fingerprint density at radius 1 is 0.950 bits per heavy atom. The van der Waals surface area contributed by atoms with Crippen LogP contribution in [0.15, 0.2) is 24.3 Å². The highest BCUT2D eigenvalue weighted by Gasteiger charge is 2.11. The van der Waals surface area contributed by atoms with Crippen LogP contribution in [0.2, 0.25) is 0 Å². The van der Waals surface area contributed by atoms with Crippen LogP contribution in [0.1, 0.15) is 63.9 Å². The van der Waals surface area contributed by atoms with Crippen molar-refractivity contribution in [2.75, 3.05) is 6.79 Å². The smallest absolute Gasteiger partial charge is 0.231 e. The first-order valence-corrected chi connectivity index (χ1v) is 7.96. The summed E-state index contributed by atoms with van der Waals surface area (Å²) in [5, 5.41) is 0. The molecule has 2 rings (SSSR count). The molecule has 0 radical (unpaired) electrons. The standard InChI is InChI=1S/C18H26O2/c1-2-3-4-5-6-7-8-9-10-11-16-12-13-17-18(14-16)20-15-19-17/h10-14H,2-9,15H2,1H3/b11-10+. The van der Waals surface area contributed by atoms with Gasteiger partial charge in [0.2, 0.25) is 6.79 Å². The van der Waals surface area contributed by atoms with Crippen LogP contribution in [0, 0.1) is 0 Å². The highest BCUT2D eigenvalue weighted by atomic mass is 16.7. The largest absolute Gasteiger partial charge is 0.454 e. The Morgan fingerprint density at radius 2 is 1.70 bits per heavy atom. The molecular formula is C18H26O2. The lowest BCUT2D eigenvalue weighted by Gasteiger charge is -1.99. The highest BCUT2D eigenvalue weighted by Crippen LogP contribution is 2.32. The summed E-state index contributed by atoms with van der Waals surface area (Å²) in [5.74, 6) is 1.72. The maximum atomic E-state index is 5.37. The van der Waals surface area contributed by atoms with E-state index in [0.717, 1.165) is 11.5 Å². The molecular weight excluding hydrogens is 248 g/mol. The van der Waals surface area contributed by atoms with Crippen molar-refractivity contribution < 1.29 is 9.47 Å². The predicted octanol–water partition coefficient (Wildman–Crippen LogP) is 5.57. The van der Waals surface area contributed by atoms with Gasteiger partial charge in [-0.1, -0.05) is 63.7 Å². The van der Waals surface area contributed by atoms with Crippen molar-refractivity contribution in [3.63, 3.8) is 0 Å². The quantitative estimate of drug-likeness (QED) is 0.548. The number of fused-ring (bicyclic) bond motifs is 1. The van der Waals surface area contributed by atoms with Crippen molar-refractivity contribution in [3.05, 3.63) is 29.8 Å². The summed E-state index contributed by atoms with van der Waals surface area (Å²) in [6, 6.07) is 6.11. The van der Waals surface area contributed by atoms with Crippen LogP contribution >= 0.6 is 0 Å². The van der Waals surface area contributed by atoms with Crippen molar-refractivity contribution in [1.29, 1.82) is 0 Å². The average Bonchev–Trinajstić information content (AvgIpc) is 2.93. The van der Waals surface area contributed by atoms with Crippen LogP contribution in [-0.4, -0.2) is 6.79 Å². The van der Waals surface area contributed by atoms with Gasteiger partial charge in [0.15, 0.2) is 11.5 Å². The Balaban J connectivity index is 1.59. The summed E-state index contributed by atoms with van der Waals surface area (Å²) in [4.78, 5) is 0. The van der Waals surface area contributed by atoms with E-state index in [0.29, 0.717) is 6.79 Å². The first-order valence-electron chi connectivity index (χ1n) is 7.96. The van der Waals surface area contributed by atoms with E-state index in [2.05, 4.69) is 25.1 Å². The zero-order valence-corrected chi connectivity index (χ0v) is 12.6. The molecule has 0 fully saturated rings. The second kappa shape index (κ2) is 8.68. The maximum Gasteiger partial charge on any atom is 0.231 e. The SMILES string of the molecule is CCCCCCCCC/C=C/c1ccc2c(c1)OCO2. The van der Waals surface area contributed by atoms with Crippen molar-refractivity contribution in [1.82, 2.24) is 0 Å². The second-order valence-corrected chi connectivity index (χ2v) is 5.43. The van der Waals surface area contributed by atoms with Crippen LogP contribution in [0.5, 0.6) is 11.5 Å². The fourth-order valence-electron chi connectivity index (χ4n) is 2.46. The summed E-state index contributed by atoms with van der Waals surface area (Å²) in [7, 11) is 0. The van der Waals surface area contributed by atoms with Crippen LogP contribution in [-0.2, 0) is 0 Å². The minimum Gasteiger partial charge on any atom is -0.454 e. The molecule has 0 amide bonds. The van der Waals surface area contributed by atoms with Crippen molar-refractivity contribution in [2.45, 2.75) is 58.3 Å². The molecule has 1 aliphatic rings. The zero-order valence-electron chi connectivity index (χ0n) is 12.6. The summed E-state index contributed by atoms with van der Waals surface area (Å²) < 4.78 is 10.7. The Kier molecular flexibility index (Phi) is 6.49. The second-order valence-electron chi connectivity index (χ2n) is 5.43. The van der Waals surface area contributed by atoms with E-state index in [1.54, 1.807) is 0 Å². The fraction of sp³-hybridized carbons (Fsp3) is 0.556. The topological polar surface area (TPSA) is 18.5 Å². The van der Waals surface area contributed by atoms with Gasteiger partial charge in [0.05, 0.1) is 0 Å². The number of rotatable bonds is 9. The van der Waals surface area contributed by atoms with Gasteiger partial charge in [0.25, 0.3) is 0 Å². The Bertz CT molecular complexity index is 423. The Morgan fingerprint density at radius 3 is 2.55 bits per heavy atom. The zero-order chi connectivity index (χ0) is 14.0. The van der Waals surface area contributed by atoms with E-state index in [9.17, 15) is 0 Å². The molecule has 0 N–H and O–H groups in total. The third-order valence-electron chi connectivity index (χ3n) is 3.68. The number of benzene rings is 1. The van der Waals surface area contributed by atoms with Crippen molar-refractivity contribution in [2.24, 2.45) is 0 Å². The first-order chi connectivity index (χ1) is 9.90. The Hall–Kier alpha value is -1.44. The molecule has 1 aliphatic heterocycles. The average molecular weight is 274 g/mol. The summed E-state index contributed by atoms with van der Waals surface area (Å²) in [5.41, 5.74) is 1.19. The molecule has 0 aliphatic carbocycles. The molecule has 0 saturated heterocycles. The van der Waals surface area contributed by atoms with Gasteiger partial charge < -0.3 is 9.47 Å². The lowest BCUT2D eigenvalue weighted by atomic mass is 10.1. The fourth-order valence-corrected chi connectivity index (χ4v) is 2.46. The van der Waals surface area contributed by atoms with Gasteiger partial charge in [0.1, 0.15) is 0 Å². The predicted molar refractivity (Wildman–Crippen MR) is 84.2 cm³/mol. The molecule has 0 bridgehead atoms. The summed E-state index contributed by atoms with van der Waals surface area (Å²) >= 11 is 0. The van der Waals surface area contributed by atoms with Gasteiger partial charge in [-0.25, -0.2) is 0 Å². The lowest BCUT2D eigenvalue weighted by Crippen LogP contribution is -1.92. The highest BCUT2D eigenvalue weighted by molar-refractivity contribution is 5.56. The van der Waals surface area contributed by atoms with Gasteiger partial charge in [-0.2, -0.15) is 0 Å². The number of unbranched alkanes of at least 4 members (excludes halogenated alkanes) is 7. The van der Waals surface area contributed by atoms with E-state index in [1.807, 2.05) is 12.1 Å². The molecule has 0 saturated carbocycles. The molecule has 0 unspecified atom stereocenters. The van der Waals surface area contributed by atoms with Crippen LogP contribution in [0.3, 0.4) is 0 Å². The third-order valence-corrected chi connectivity index (χ3v) is 3.68. The number of hydrogen-bond donors (Lipinski definition) is 0. The number of ether oxygens (including phenoxy) is 2. The van der Waals surface area contributed by atoms with Gasteiger partial charge in [0, 0.05) is 0 Å². The van der Waals surface area contributed by atoms with Gasteiger partial charge in [-0.3, -0.25) is 0 Å². The van der Waals surface area contributed by atoms with Gasteiger partial charge in [-0.15, -0.1) is 0 Å². The summed E-state index contributed by atoms with van der Waals surface area (Å²) in [6.07, 6.45) is 15.2. The number of hydrogen-bond acceptors (Lipinski definition) is 2. The van der Waals surface area contributed by atoms with Crippen molar-refractivity contribution >= 4 is 6.08 Å². The molecule has 0 aromatic heterocycles. The van der Waals surface area contributed by atoms with E-state index in [1.165, 1.54) is 56.9 Å². The molecule has 1 heterocycles. The van der Waals surface area contributed by atoms with Crippen LogP contribution < -0.4 is 9.47 Å². The van der Waals surface area contributed by atoms with E-state index < -0.39 is 0 Å². The molecule has 1 aromatic carbocycles. The summed E-state index contributed by atoms with van der Waals surface area (Å²) in [6.45, 7) is 2.61. The number of allylic oxidation sites excluding steroid dienone is 1. The Labute approximate surface area is 122 Å². The monoisotopic (exact) mass is 274 g/mol. The minimum atomic E-state index is 0.348. The molecule has 0 atom stereocenters. The van der Waals surface area contributed by atoms with E-state index >= 15 is 0 Å². The lowest BCUT2D eigenvalue weighted by molar-refractivity contribution is 0.174.